The van der Waals surface area contributed by atoms with Crippen molar-refractivity contribution in [3.8, 4) is 17.2 Å². The predicted octanol–water partition coefficient (Wildman–Crippen LogP) is 5.32. The standard InChI is InChI=1S/C24H24O4/c1-19(25)21-8-10-22(11-9-21)26-16-5-17-27-23-12-14-24(15-13-23)28-18-20-6-3-2-4-7-20/h2-4,6-15H,5,16-18H2,1H3. The van der Waals surface area contributed by atoms with Crippen molar-refractivity contribution in [2.24, 2.45) is 0 Å². The highest BCUT2D eigenvalue weighted by Gasteiger charge is 2.01. The molecule has 0 amide bonds. The lowest BCUT2D eigenvalue weighted by Crippen LogP contribution is -2.05. The third kappa shape index (κ3) is 6.16. The molecule has 3 aromatic carbocycles. The van der Waals surface area contributed by atoms with Crippen LogP contribution in [-0.2, 0) is 6.61 Å². The van der Waals surface area contributed by atoms with Gasteiger partial charge in [-0.3, -0.25) is 4.79 Å². The molecule has 0 saturated carbocycles. The quantitative estimate of drug-likeness (QED) is 0.355. The normalized spacial score (nSPS) is 10.3. The highest BCUT2D eigenvalue weighted by Crippen LogP contribution is 2.19. The first kappa shape index (κ1) is 19.5. The topological polar surface area (TPSA) is 44.8 Å². The van der Waals surface area contributed by atoms with Crippen LogP contribution in [0, 0.1) is 0 Å². The van der Waals surface area contributed by atoms with Crippen molar-refractivity contribution >= 4 is 5.78 Å². The van der Waals surface area contributed by atoms with Crippen molar-refractivity contribution in [3.05, 3.63) is 90.0 Å². The molecule has 0 heterocycles. The Labute approximate surface area is 165 Å². The molecule has 144 valence electrons. The van der Waals surface area contributed by atoms with E-state index < -0.39 is 0 Å². The number of rotatable bonds is 10. The van der Waals surface area contributed by atoms with E-state index in [0.29, 0.717) is 25.4 Å². The first-order chi connectivity index (χ1) is 13.7. The molecule has 3 rings (SSSR count). The molecule has 0 saturated heterocycles. The number of carbonyl (C=O) groups is 1. The lowest BCUT2D eigenvalue weighted by atomic mass is 10.1. The summed E-state index contributed by atoms with van der Waals surface area (Å²) in [6.45, 7) is 3.22. The summed E-state index contributed by atoms with van der Waals surface area (Å²) in [5, 5.41) is 0. The number of hydrogen-bond donors (Lipinski definition) is 0. The molecule has 0 unspecified atom stereocenters. The second-order valence-electron chi connectivity index (χ2n) is 6.38. The monoisotopic (exact) mass is 376 g/mol. The fourth-order valence-electron chi connectivity index (χ4n) is 2.60. The number of benzene rings is 3. The van der Waals surface area contributed by atoms with E-state index in [1.165, 1.54) is 0 Å². The Morgan fingerprint density at radius 1 is 0.679 bits per heavy atom. The zero-order valence-electron chi connectivity index (χ0n) is 16.0. The van der Waals surface area contributed by atoms with Gasteiger partial charge in [0.15, 0.2) is 5.78 Å². The Kier molecular flexibility index (Phi) is 7.08. The first-order valence-corrected chi connectivity index (χ1v) is 9.34. The molecule has 0 aliphatic rings. The Balaban J connectivity index is 1.34. The van der Waals surface area contributed by atoms with Gasteiger partial charge >= 0.3 is 0 Å². The minimum absolute atomic E-state index is 0.0523. The van der Waals surface area contributed by atoms with Crippen LogP contribution in [0.25, 0.3) is 0 Å². The minimum Gasteiger partial charge on any atom is -0.493 e. The molecule has 0 fully saturated rings. The second-order valence-corrected chi connectivity index (χ2v) is 6.38. The summed E-state index contributed by atoms with van der Waals surface area (Å²) in [5.74, 6) is 2.42. The van der Waals surface area contributed by atoms with Gasteiger partial charge in [0.1, 0.15) is 23.9 Å². The Morgan fingerprint density at radius 2 is 1.18 bits per heavy atom. The van der Waals surface area contributed by atoms with E-state index in [4.69, 9.17) is 14.2 Å². The van der Waals surface area contributed by atoms with Gasteiger partial charge in [-0.1, -0.05) is 30.3 Å². The zero-order chi connectivity index (χ0) is 19.6. The van der Waals surface area contributed by atoms with E-state index in [1.807, 2.05) is 66.7 Å². The molecule has 3 aromatic rings. The predicted molar refractivity (Wildman–Crippen MR) is 109 cm³/mol. The Bertz CT molecular complexity index is 855. The highest BCUT2D eigenvalue weighted by molar-refractivity contribution is 5.94. The van der Waals surface area contributed by atoms with Crippen molar-refractivity contribution in [1.29, 1.82) is 0 Å². The molecule has 28 heavy (non-hydrogen) atoms. The molecule has 0 aromatic heterocycles. The SMILES string of the molecule is CC(=O)c1ccc(OCCCOc2ccc(OCc3ccccc3)cc2)cc1. The molecular formula is C24H24O4. The zero-order valence-corrected chi connectivity index (χ0v) is 16.0. The van der Waals surface area contributed by atoms with E-state index in [0.717, 1.165) is 29.2 Å². The van der Waals surface area contributed by atoms with Crippen LogP contribution >= 0.6 is 0 Å². The van der Waals surface area contributed by atoms with Gasteiger partial charge in [-0.25, -0.2) is 0 Å². The molecule has 0 radical (unpaired) electrons. The second kappa shape index (κ2) is 10.2. The van der Waals surface area contributed by atoms with Crippen LogP contribution in [0.15, 0.2) is 78.9 Å². The van der Waals surface area contributed by atoms with E-state index in [2.05, 4.69) is 0 Å². The van der Waals surface area contributed by atoms with Crippen molar-refractivity contribution in [1.82, 2.24) is 0 Å². The van der Waals surface area contributed by atoms with Crippen molar-refractivity contribution in [2.45, 2.75) is 20.0 Å². The summed E-state index contributed by atoms with van der Waals surface area (Å²) >= 11 is 0. The van der Waals surface area contributed by atoms with E-state index >= 15 is 0 Å². The average Bonchev–Trinajstić information content (AvgIpc) is 2.74. The van der Waals surface area contributed by atoms with Gasteiger partial charge in [-0.15, -0.1) is 0 Å². The van der Waals surface area contributed by atoms with Crippen LogP contribution < -0.4 is 14.2 Å². The molecule has 0 N–H and O–H groups in total. The fraction of sp³-hybridized carbons (Fsp3) is 0.208. The number of Topliss-reactive ketones (excluding diaryl/α,β-unsaturated/α-hetero) is 1. The third-order valence-electron chi connectivity index (χ3n) is 4.16. The summed E-state index contributed by atoms with van der Waals surface area (Å²) in [5.41, 5.74) is 1.82. The Hall–Kier alpha value is -3.27. The molecule has 0 spiro atoms. The van der Waals surface area contributed by atoms with E-state index in [9.17, 15) is 4.79 Å². The van der Waals surface area contributed by atoms with E-state index in [-0.39, 0.29) is 5.78 Å². The third-order valence-corrected chi connectivity index (χ3v) is 4.16. The summed E-state index contributed by atoms with van der Waals surface area (Å²) in [6, 6.07) is 24.9. The van der Waals surface area contributed by atoms with Crippen LogP contribution in [0.5, 0.6) is 17.2 Å². The van der Waals surface area contributed by atoms with Crippen molar-refractivity contribution in [3.63, 3.8) is 0 Å². The highest BCUT2D eigenvalue weighted by atomic mass is 16.5. The summed E-state index contributed by atoms with van der Waals surface area (Å²) in [6.07, 6.45) is 0.765. The van der Waals surface area contributed by atoms with Gasteiger partial charge in [0.2, 0.25) is 0 Å². The van der Waals surface area contributed by atoms with Crippen LogP contribution in [0.1, 0.15) is 29.3 Å². The number of ether oxygens (including phenoxy) is 3. The van der Waals surface area contributed by atoms with Gasteiger partial charge in [-0.2, -0.15) is 0 Å². The van der Waals surface area contributed by atoms with Gasteiger partial charge in [0.25, 0.3) is 0 Å². The maximum absolute atomic E-state index is 11.2. The molecule has 0 aliphatic heterocycles. The van der Waals surface area contributed by atoms with Gasteiger partial charge in [0, 0.05) is 12.0 Å². The van der Waals surface area contributed by atoms with Crippen molar-refractivity contribution in [2.75, 3.05) is 13.2 Å². The molecule has 4 nitrogen and oxygen atoms in total. The molecule has 4 heteroatoms. The first-order valence-electron chi connectivity index (χ1n) is 9.34. The van der Waals surface area contributed by atoms with Crippen molar-refractivity contribution < 1.29 is 19.0 Å². The summed E-state index contributed by atoms with van der Waals surface area (Å²) in [4.78, 5) is 11.2. The number of hydrogen-bond acceptors (Lipinski definition) is 4. The molecule has 0 aliphatic carbocycles. The maximum atomic E-state index is 11.2. The van der Waals surface area contributed by atoms with Crippen LogP contribution in [-0.4, -0.2) is 19.0 Å². The summed E-state index contributed by atoms with van der Waals surface area (Å²) < 4.78 is 17.2. The molecule has 0 bridgehead atoms. The smallest absolute Gasteiger partial charge is 0.159 e. The largest absolute Gasteiger partial charge is 0.493 e. The average molecular weight is 376 g/mol. The maximum Gasteiger partial charge on any atom is 0.159 e. The molecule has 0 atom stereocenters. The lowest BCUT2D eigenvalue weighted by Gasteiger charge is -2.10. The molecular weight excluding hydrogens is 352 g/mol. The van der Waals surface area contributed by atoms with Crippen LogP contribution in [0.3, 0.4) is 0 Å². The van der Waals surface area contributed by atoms with Crippen LogP contribution in [0.2, 0.25) is 0 Å². The number of carbonyl (C=O) groups excluding carboxylic acids is 1. The van der Waals surface area contributed by atoms with Gasteiger partial charge in [0.05, 0.1) is 13.2 Å². The Morgan fingerprint density at radius 3 is 1.71 bits per heavy atom. The number of ketones is 1. The van der Waals surface area contributed by atoms with Gasteiger partial charge < -0.3 is 14.2 Å². The van der Waals surface area contributed by atoms with E-state index in [1.54, 1.807) is 19.1 Å². The van der Waals surface area contributed by atoms with Crippen LogP contribution in [0.4, 0.5) is 0 Å². The lowest BCUT2D eigenvalue weighted by molar-refractivity contribution is 0.101. The summed E-state index contributed by atoms with van der Waals surface area (Å²) in [7, 11) is 0. The fourth-order valence-corrected chi connectivity index (χ4v) is 2.60. The minimum atomic E-state index is 0.0523. The van der Waals surface area contributed by atoms with Gasteiger partial charge in [-0.05, 0) is 61.0 Å².